The van der Waals surface area contributed by atoms with Crippen LogP contribution in [0.3, 0.4) is 0 Å². The van der Waals surface area contributed by atoms with E-state index in [1.54, 1.807) is 45.6 Å². The molecule has 1 heterocycles. The second-order valence-electron chi connectivity index (χ2n) is 14.8. The number of ether oxygens (including phenoxy) is 6. The van der Waals surface area contributed by atoms with Crippen LogP contribution in [0.5, 0.6) is 0 Å². The van der Waals surface area contributed by atoms with Gasteiger partial charge in [0.25, 0.3) is 0 Å². The van der Waals surface area contributed by atoms with Crippen molar-refractivity contribution >= 4 is 29.5 Å². The SMILES string of the molecule is CCN1C[C@]2(OC(=O)c3ccccc3NC(C)=O)CC[C@H](OC)[C@]34C1[C@H](C[C@H]23)[C@@]1(OC(C)=O)C[C@H](OC)[C@H]2C[C@@H]4[C@]1(OC(C)=O)[C@H]2OC. The van der Waals surface area contributed by atoms with Gasteiger partial charge in [0.1, 0.15) is 11.7 Å². The summed E-state index contributed by atoms with van der Waals surface area (Å²) < 4.78 is 39.1. The lowest BCUT2D eigenvalue weighted by atomic mass is 9.43. The summed E-state index contributed by atoms with van der Waals surface area (Å²) in [6, 6.07) is 6.77. The minimum absolute atomic E-state index is 0.115. The number of likely N-dealkylation sites (N-methyl/N-ethyl adjacent to an activating group) is 1. The molecule has 12 heteroatoms. The van der Waals surface area contributed by atoms with E-state index in [9.17, 15) is 19.2 Å². The van der Waals surface area contributed by atoms with Crippen LogP contribution in [0.1, 0.15) is 70.2 Å². The Hall–Kier alpha value is -3.06. The van der Waals surface area contributed by atoms with Gasteiger partial charge in [-0.25, -0.2) is 4.79 Å². The number of hydrogen-bond donors (Lipinski definition) is 1. The van der Waals surface area contributed by atoms with Gasteiger partial charge in [-0.05, 0) is 44.4 Å². The van der Waals surface area contributed by atoms with Crippen LogP contribution in [-0.4, -0.2) is 104 Å². The van der Waals surface area contributed by atoms with Crippen molar-refractivity contribution in [1.29, 1.82) is 0 Å². The molecule has 1 amide bonds. The van der Waals surface area contributed by atoms with Gasteiger partial charge < -0.3 is 33.7 Å². The van der Waals surface area contributed by atoms with Crippen LogP contribution in [0, 0.1) is 29.1 Å². The first-order chi connectivity index (χ1) is 22.9. The molecule has 7 rings (SSSR count). The highest BCUT2D eigenvalue weighted by Gasteiger charge is 2.91. The topological polar surface area (TPSA) is 139 Å². The molecule has 5 saturated carbocycles. The molecule has 0 radical (unpaired) electrons. The van der Waals surface area contributed by atoms with Gasteiger partial charge in [0.15, 0.2) is 11.2 Å². The molecule has 0 aromatic heterocycles. The van der Waals surface area contributed by atoms with E-state index in [4.69, 9.17) is 28.4 Å². The summed E-state index contributed by atoms with van der Waals surface area (Å²) in [6.07, 6.45) is 1.55. The van der Waals surface area contributed by atoms with Gasteiger partial charge in [-0.3, -0.25) is 19.3 Å². The summed E-state index contributed by atoms with van der Waals surface area (Å²) in [6.45, 7) is 7.47. The zero-order valence-corrected chi connectivity index (χ0v) is 28.9. The molecule has 48 heavy (non-hydrogen) atoms. The Morgan fingerprint density at radius 3 is 2.27 bits per heavy atom. The maximum absolute atomic E-state index is 14.3. The lowest BCUT2D eigenvalue weighted by Crippen LogP contribution is -2.84. The number of methoxy groups -OCH3 is 3. The van der Waals surface area contributed by atoms with Gasteiger partial charge in [-0.1, -0.05) is 19.1 Å². The van der Waals surface area contributed by atoms with Crippen LogP contribution in [0.2, 0.25) is 0 Å². The third kappa shape index (κ3) is 4.09. The fourth-order valence-electron chi connectivity index (χ4n) is 12.4. The summed E-state index contributed by atoms with van der Waals surface area (Å²) in [5, 5.41) is 2.77. The van der Waals surface area contributed by atoms with Crippen LogP contribution < -0.4 is 5.32 Å². The molecule has 1 aliphatic heterocycles. The van der Waals surface area contributed by atoms with Gasteiger partial charge in [0.2, 0.25) is 5.91 Å². The Morgan fingerprint density at radius 2 is 1.65 bits per heavy atom. The largest absolute Gasteiger partial charge is 0.454 e. The Kier molecular flexibility index (Phi) is 8.01. The lowest BCUT2D eigenvalue weighted by Gasteiger charge is -2.71. The Labute approximate surface area is 281 Å². The molecular formula is C36H48N2O10. The molecule has 12 nitrogen and oxygen atoms in total. The Morgan fingerprint density at radius 1 is 0.917 bits per heavy atom. The molecule has 1 unspecified atom stereocenters. The summed E-state index contributed by atoms with van der Waals surface area (Å²) in [7, 11) is 5.04. The number of esters is 3. The fraction of sp³-hybridized carbons (Fsp3) is 0.722. The number of fused-ring (bicyclic) bond motifs is 2. The molecule has 1 saturated heterocycles. The maximum atomic E-state index is 14.3. The third-order valence-corrected chi connectivity index (χ3v) is 13.2. The average molecular weight is 669 g/mol. The fourth-order valence-corrected chi connectivity index (χ4v) is 12.4. The molecule has 6 fully saturated rings. The van der Waals surface area contributed by atoms with E-state index in [-0.39, 0.29) is 53.4 Å². The summed E-state index contributed by atoms with van der Waals surface area (Å²) >= 11 is 0. The highest BCUT2D eigenvalue weighted by atomic mass is 16.6. The van der Waals surface area contributed by atoms with Gasteiger partial charge in [-0.2, -0.15) is 0 Å². The Balaban J connectivity index is 1.45. The monoisotopic (exact) mass is 668 g/mol. The molecule has 7 bridgehead atoms. The molecule has 1 aromatic rings. The van der Waals surface area contributed by atoms with Crippen molar-refractivity contribution in [2.75, 3.05) is 39.7 Å². The zero-order valence-electron chi connectivity index (χ0n) is 28.9. The minimum Gasteiger partial charge on any atom is -0.454 e. The highest BCUT2D eigenvalue weighted by molar-refractivity contribution is 6.00. The van der Waals surface area contributed by atoms with E-state index >= 15 is 0 Å². The number of carbonyl (C=O) groups is 4. The predicted octanol–water partition coefficient (Wildman–Crippen LogP) is 3.36. The quantitative estimate of drug-likeness (QED) is 0.306. The van der Waals surface area contributed by atoms with Crippen LogP contribution in [0.4, 0.5) is 5.69 Å². The lowest BCUT2D eigenvalue weighted by molar-refractivity contribution is -0.341. The van der Waals surface area contributed by atoms with Crippen molar-refractivity contribution in [3.63, 3.8) is 0 Å². The first-order valence-electron chi connectivity index (χ1n) is 17.2. The molecule has 1 aromatic carbocycles. The molecule has 12 atom stereocenters. The van der Waals surface area contributed by atoms with Gasteiger partial charge in [0.05, 0.1) is 23.5 Å². The number of amides is 1. The standard InChI is InChI=1S/C36H48N2O10/c1-8-38-18-33(48-32(42)22-11-9-10-12-25(22)37-19(2)39)14-13-29(44-6)35-27(33)16-24(30(35)38)34(46-20(3)40)17-26(43-5)23-15-28(35)36(34,31(23)45-7)47-21(4)41/h9-12,23-24,26-31H,8,13-18H2,1-7H3,(H,37,39)/t23-,24+,26+,27-,28+,29+,30?,31+,33-,34+,35+,36+/m1/s1. The van der Waals surface area contributed by atoms with Crippen LogP contribution >= 0.6 is 0 Å². The average Bonchev–Trinajstić information content (AvgIpc) is 3.46. The summed E-state index contributed by atoms with van der Waals surface area (Å²) in [4.78, 5) is 55.2. The maximum Gasteiger partial charge on any atom is 0.340 e. The van der Waals surface area contributed by atoms with Crippen molar-refractivity contribution in [1.82, 2.24) is 4.90 Å². The number of hydrogen-bond acceptors (Lipinski definition) is 11. The van der Waals surface area contributed by atoms with Crippen LogP contribution in [-0.2, 0) is 42.8 Å². The van der Waals surface area contributed by atoms with E-state index in [1.165, 1.54) is 20.8 Å². The third-order valence-electron chi connectivity index (χ3n) is 13.2. The van der Waals surface area contributed by atoms with Gasteiger partial charge >= 0.3 is 17.9 Å². The number of benzene rings is 1. The zero-order chi connectivity index (χ0) is 34.4. The van der Waals surface area contributed by atoms with Crippen LogP contribution in [0.15, 0.2) is 24.3 Å². The second kappa shape index (κ2) is 11.5. The molecule has 5 aliphatic carbocycles. The van der Waals surface area contributed by atoms with Crippen molar-refractivity contribution in [3.8, 4) is 0 Å². The highest BCUT2D eigenvalue weighted by Crippen LogP contribution is 2.80. The molecule has 6 aliphatic rings. The van der Waals surface area contributed by atoms with Gasteiger partial charge in [-0.15, -0.1) is 0 Å². The number of nitrogens with one attached hydrogen (secondary N) is 1. The van der Waals surface area contributed by atoms with E-state index < -0.39 is 46.2 Å². The number of carbonyl (C=O) groups excluding carboxylic acids is 4. The summed E-state index contributed by atoms with van der Waals surface area (Å²) in [5.74, 6) is -2.74. The van der Waals surface area contributed by atoms with Crippen molar-refractivity contribution in [3.05, 3.63) is 29.8 Å². The smallest absolute Gasteiger partial charge is 0.340 e. The molecular weight excluding hydrogens is 620 g/mol. The first kappa shape index (κ1) is 33.4. The van der Waals surface area contributed by atoms with Crippen LogP contribution in [0.25, 0.3) is 0 Å². The molecule has 1 N–H and O–H groups in total. The molecule has 1 spiro atoms. The van der Waals surface area contributed by atoms with Crippen molar-refractivity contribution in [2.24, 2.45) is 29.1 Å². The van der Waals surface area contributed by atoms with Crippen molar-refractivity contribution in [2.45, 2.75) is 101 Å². The molecule has 262 valence electrons. The van der Waals surface area contributed by atoms with E-state index in [1.807, 2.05) is 0 Å². The van der Waals surface area contributed by atoms with E-state index in [0.29, 0.717) is 50.9 Å². The number of anilines is 1. The summed E-state index contributed by atoms with van der Waals surface area (Å²) in [5.41, 5.74) is -3.47. The van der Waals surface area contributed by atoms with E-state index in [2.05, 4.69) is 17.1 Å². The number of rotatable bonds is 9. The number of likely N-dealkylation sites (tertiary alicyclic amines) is 1. The van der Waals surface area contributed by atoms with Crippen molar-refractivity contribution < 1.29 is 47.6 Å². The number of nitrogens with zero attached hydrogens (tertiary/aromatic N) is 1. The second-order valence-corrected chi connectivity index (χ2v) is 14.8. The van der Waals surface area contributed by atoms with Gasteiger partial charge in [0, 0.05) is 90.2 Å². The number of para-hydroxylation sites is 1. The Bertz CT molecular complexity index is 1520. The van der Waals surface area contributed by atoms with E-state index in [0.717, 1.165) is 0 Å². The predicted molar refractivity (Wildman–Crippen MR) is 171 cm³/mol. The minimum atomic E-state index is -1.31. The normalized spacial score (nSPS) is 43.3. The number of piperidine rings is 1. The first-order valence-corrected chi connectivity index (χ1v) is 17.2.